The molecule has 0 saturated carbocycles. The van der Waals surface area contributed by atoms with Crippen LogP contribution in [0.25, 0.3) is 0 Å². The molecule has 1 aromatic heterocycles. The minimum Gasteiger partial charge on any atom is -0.357 e. The van der Waals surface area contributed by atoms with Crippen molar-refractivity contribution >= 4 is 5.82 Å². The van der Waals surface area contributed by atoms with Gasteiger partial charge in [0.15, 0.2) is 0 Å². The van der Waals surface area contributed by atoms with Crippen LogP contribution in [0, 0.1) is 0 Å². The Kier molecular flexibility index (Phi) is 3.25. The van der Waals surface area contributed by atoms with Crippen LogP contribution in [0.4, 0.5) is 5.82 Å². The zero-order valence-corrected chi connectivity index (χ0v) is 8.49. The van der Waals surface area contributed by atoms with Crippen LogP contribution in [-0.2, 0) is 6.54 Å². The summed E-state index contributed by atoms with van der Waals surface area (Å²) in [6.45, 7) is 4.77. The Bertz CT molecular complexity index is 271. The van der Waals surface area contributed by atoms with E-state index >= 15 is 0 Å². The summed E-state index contributed by atoms with van der Waals surface area (Å²) in [5.41, 5.74) is 6.45. The third-order valence-corrected chi connectivity index (χ3v) is 2.14. The molecular weight excluding hydrogens is 162 g/mol. The van der Waals surface area contributed by atoms with Crippen molar-refractivity contribution in [2.75, 3.05) is 11.9 Å². The van der Waals surface area contributed by atoms with Gasteiger partial charge in [-0.25, -0.2) is 4.98 Å². The van der Waals surface area contributed by atoms with Gasteiger partial charge in [0, 0.05) is 19.6 Å². The number of pyridine rings is 1. The number of hydrogen-bond donors (Lipinski definition) is 1. The van der Waals surface area contributed by atoms with Crippen LogP contribution in [-0.4, -0.2) is 18.1 Å². The second-order valence-corrected chi connectivity index (χ2v) is 3.40. The Hall–Kier alpha value is -1.09. The maximum absolute atomic E-state index is 5.51. The summed E-state index contributed by atoms with van der Waals surface area (Å²) in [6, 6.07) is 6.39. The van der Waals surface area contributed by atoms with Crippen molar-refractivity contribution < 1.29 is 0 Å². The molecule has 0 spiro atoms. The second kappa shape index (κ2) is 4.23. The van der Waals surface area contributed by atoms with Gasteiger partial charge in [-0.2, -0.15) is 0 Å². The Labute approximate surface area is 79.6 Å². The van der Waals surface area contributed by atoms with Gasteiger partial charge in [-0.3, -0.25) is 0 Å². The number of nitrogens with zero attached hydrogens (tertiary/aromatic N) is 2. The Balaban J connectivity index is 2.88. The lowest BCUT2D eigenvalue weighted by Gasteiger charge is -2.22. The van der Waals surface area contributed by atoms with Gasteiger partial charge < -0.3 is 10.6 Å². The van der Waals surface area contributed by atoms with E-state index in [1.54, 1.807) is 0 Å². The minimum atomic E-state index is 0.459. The number of aromatic nitrogens is 1. The maximum Gasteiger partial charge on any atom is 0.128 e. The quantitative estimate of drug-likeness (QED) is 0.762. The van der Waals surface area contributed by atoms with Gasteiger partial charge in [-0.15, -0.1) is 0 Å². The first-order chi connectivity index (χ1) is 6.15. The minimum absolute atomic E-state index is 0.459. The van der Waals surface area contributed by atoms with E-state index in [0.29, 0.717) is 12.6 Å². The van der Waals surface area contributed by atoms with E-state index in [1.165, 1.54) is 0 Å². The fourth-order valence-corrected chi connectivity index (χ4v) is 1.04. The molecule has 13 heavy (non-hydrogen) atoms. The summed E-state index contributed by atoms with van der Waals surface area (Å²) >= 11 is 0. The molecule has 0 amide bonds. The number of anilines is 1. The summed E-state index contributed by atoms with van der Waals surface area (Å²) in [5, 5.41) is 0. The molecule has 2 N–H and O–H groups in total. The van der Waals surface area contributed by atoms with E-state index in [0.717, 1.165) is 11.5 Å². The van der Waals surface area contributed by atoms with Crippen LogP contribution in [0.2, 0.25) is 0 Å². The third-order valence-electron chi connectivity index (χ3n) is 2.14. The van der Waals surface area contributed by atoms with Gasteiger partial charge >= 0.3 is 0 Å². The first kappa shape index (κ1) is 9.99. The third kappa shape index (κ3) is 2.42. The van der Waals surface area contributed by atoms with Gasteiger partial charge in [0.1, 0.15) is 5.82 Å². The van der Waals surface area contributed by atoms with Crippen molar-refractivity contribution in [1.82, 2.24) is 4.98 Å². The van der Waals surface area contributed by atoms with Gasteiger partial charge in [-0.05, 0) is 26.0 Å². The summed E-state index contributed by atoms with van der Waals surface area (Å²) in [5.74, 6) is 0.984. The average Bonchev–Trinajstić information content (AvgIpc) is 2.16. The molecule has 3 nitrogen and oxygen atoms in total. The molecule has 3 heteroatoms. The topological polar surface area (TPSA) is 42.1 Å². The van der Waals surface area contributed by atoms with Crippen molar-refractivity contribution in [1.29, 1.82) is 0 Å². The van der Waals surface area contributed by atoms with Gasteiger partial charge in [0.2, 0.25) is 0 Å². The maximum atomic E-state index is 5.51. The molecule has 0 radical (unpaired) electrons. The van der Waals surface area contributed by atoms with E-state index in [4.69, 9.17) is 5.73 Å². The SMILES string of the molecule is CC(C)N(C)c1cccc(CN)n1. The highest BCUT2D eigenvalue weighted by atomic mass is 15.2. The zero-order chi connectivity index (χ0) is 9.84. The standard InChI is InChI=1S/C10H17N3/c1-8(2)13(3)10-6-4-5-9(7-11)12-10/h4-6,8H,7,11H2,1-3H3. The number of hydrogen-bond acceptors (Lipinski definition) is 3. The summed E-state index contributed by atoms with van der Waals surface area (Å²) in [6.07, 6.45) is 0. The van der Waals surface area contributed by atoms with Crippen molar-refractivity contribution in [3.05, 3.63) is 23.9 Å². The smallest absolute Gasteiger partial charge is 0.128 e. The van der Waals surface area contributed by atoms with Crippen LogP contribution in [0.5, 0.6) is 0 Å². The molecule has 0 aromatic carbocycles. The van der Waals surface area contributed by atoms with E-state index in [-0.39, 0.29) is 0 Å². The Morgan fingerprint density at radius 3 is 2.69 bits per heavy atom. The van der Waals surface area contributed by atoms with E-state index in [2.05, 4.69) is 23.7 Å². The van der Waals surface area contributed by atoms with Crippen molar-refractivity contribution in [3.8, 4) is 0 Å². The van der Waals surface area contributed by atoms with Gasteiger partial charge in [0.05, 0.1) is 5.69 Å². The van der Waals surface area contributed by atoms with Crippen LogP contribution >= 0.6 is 0 Å². The summed E-state index contributed by atoms with van der Waals surface area (Å²) in [4.78, 5) is 6.54. The van der Waals surface area contributed by atoms with Crippen LogP contribution in [0.15, 0.2) is 18.2 Å². The monoisotopic (exact) mass is 179 g/mol. The molecule has 0 saturated heterocycles. The molecular formula is C10H17N3. The zero-order valence-electron chi connectivity index (χ0n) is 8.49. The second-order valence-electron chi connectivity index (χ2n) is 3.40. The van der Waals surface area contributed by atoms with Gasteiger partial charge in [0.25, 0.3) is 0 Å². The molecule has 72 valence electrons. The normalized spacial score (nSPS) is 10.5. The summed E-state index contributed by atoms with van der Waals surface area (Å²) < 4.78 is 0. The molecule has 1 aromatic rings. The fourth-order valence-electron chi connectivity index (χ4n) is 1.04. The number of rotatable bonds is 3. The first-order valence-electron chi connectivity index (χ1n) is 4.54. The van der Waals surface area contributed by atoms with E-state index in [9.17, 15) is 0 Å². The van der Waals surface area contributed by atoms with Gasteiger partial charge in [-0.1, -0.05) is 6.07 Å². The van der Waals surface area contributed by atoms with Crippen LogP contribution in [0.1, 0.15) is 19.5 Å². The molecule has 0 aliphatic heterocycles. The Morgan fingerprint density at radius 2 is 2.15 bits per heavy atom. The van der Waals surface area contributed by atoms with E-state index < -0.39 is 0 Å². The molecule has 0 aliphatic rings. The highest BCUT2D eigenvalue weighted by molar-refractivity contribution is 5.38. The predicted octanol–water partition coefficient (Wildman–Crippen LogP) is 1.38. The molecule has 0 unspecified atom stereocenters. The van der Waals surface area contributed by atoms with Crippen LogP contribution in [0.3, 0.4) is 0 Å². The lowest BCUT2D eigenvalue weighted by molar-refractivity contribution is 0.739. The molecule has 0 aliphatic carbocycles. The van der Waals surface area contributed by atoms with Crippen molar-refractivity contribution in [2.45, 2.75) is 26.4 Å². The highest BCUT2D eigenvalue weighted by Crippen LogP contribution is 2.11. The summed E-state index contributed by atoms with van der Waals surface area (Å²) in [7, 11) is 2.04. The van der Waals surface area contributed by atoms with Crippen molar-refractivity contribution in [2.24, 2.45) is 5.73 Å². The highest BCUT2D eigenvalue weighted by Gasteiger charge is 2.05. The lowest BCUT2D eigenvalue weighted by atomic mass is 10.3. The van der Waals surface area contributed by atoms with Crippen molar-refractivity contribution in [3.63, 3.8) is 0 Å². The predicted molar refractivity (Wildman–Crippen MR) is 55.7 cm³/mol. The molecule has 1 heterocycles. The average molecular weight is 179 g/mol. The van der Waals surface area contributed by atoms with E-state index in [1.807, 2.05) is 25.2 Å². The molecule has 0 atom stereocenters. The lowest BCUT2D eigenvalue weighted by Crippen LogP contribution is -2.26. The molecule has 0 fully saturated rings. The van der Waals surface area contributed by atoms with Crippen LogP contribution < -0.4 is 10.6 Å². The number of nitrogens with two attached hydrogens (primary N) is 1. The largest absolute Gasteiger partial charge is 0.357 e. The molecule has 1 rings (SSSR count). The first-order valence-corrected chi connectivity index (χ1v) is 4.54. The molecule has 0 bridgehead atoms. The fraction of sp³-hybridized carbons (Fsp3) is 0.500. The Morgan fingerprint density at radius 1 is 1.46 bits per heavy atom.